The predicted molar refractivity (Wildman–Crippen MR) is 69.1 cm³/mol. The van der Waals surface area contributed by atoms with E-state index >= 15 is 0 Å². The number of rotatable bonds is 1. The van der Waals surface area contributed by atoms with Crippen molar-refractivity contribution >= 4 is 0 Å². The van der Waals surface area contributed by atoms with Gasteiger partial charge in [0.1, 0.15) is 5.82 Å². The lowest BCUT2D eigenvalue weighted by atomic mass is 9.88. The molecule has 1 aromatic rings. The summed E-state index contributed by atoms with van der Waals surface area (Å²) in [6.07, 6.45) is 8.97. The molecule has 1 atom stereocenters. The molecule has 0 aromatic carbocycles. The van der Waals surface area contributed by atoms with Crippen molar-refractivity contribution in [2.24, 2.45) is 5.73 Å². The van der Waals surface area contributed by atoms with Crippen LogP contribution in [0.3, 0.4) is 0 Å². The molecule has 3 heteroatoms. The molecule has 0 bridgehead atoms. The van der Waals surface area contributed by atoms with E-state index in [-0.39, 0.29) is 0 Å². The van der Waals surface area contributed by atoms with Crippen LogP contribution in [0.5, 0.6) is 0 Å². The molecule has 1 saturated carbocycles. The minimum atomic E-state index is 0.345. The van der Waals surface area contributed by atoms with Crippen molar-refractivity contribution in [3.8, 4) is 0 Å². The average Bonchev–Trinajstić information content (AvgIpc) is 2.68. The van der Waals surface area contributed by atoms with Crippen LogP contribution >= 0.6 is 0 Å². The Morgan fingerprint density at radius 1 is 1.18 bits per heavy atom. The topological polar surface area (TPSA) is 43.8 Å². The van der Waals surface area contributed by atoms with Crippen LogP contribution in [0.1, 0.15) is 61.7 Å². The molecule has 94 valence electrons. The van der Waals surface area contributed by atoms with E-state index < -0.39 is 0 Å². The first kappa shape index (κ1) is 11.3. The Labute approximate surface area is 103 Å². The van der Waals surface area contributed by atoms with Gasteiger partial charge < -0.3 is 10.3 Å². The summed E-state index contributed by atoms with van der Waals surface area (Å²) < 4.78 is 2.48. The van der Waals surface area contributed by atoms with Gasteiger partial charge in [-0.3, -0.25) is 0 Å². The number of nitrogens with zero attached hydrogens (tertiary/aromatic N) is 2. The lowest BCUT2D eigenvalue weighted by molar-refractivity contribution is 0.393. The zero-order valence-electron chi connectivity index (χ0n) is 10.8. The smallest absolute Gasteiger partial charge is 0.112 e. The van der Waals surface area contributed by atoms with Crippen LogP contribution in [0, 0.1) is 6.92 Å². The van der Waals surface area contributed by atoms with E-state index in [9.17, 15) is 0 Å². The molecular formula is C14H23N3. The van der Waals surface area contributed by atoms with Crippen molar-refractivity contribution in [2.75, 3.05) is 0 Å². The molecular weight excluding hydrogens is 210 g/mol. The molecule has 1 unspecified atom stereocenters. The summed E-state index contributed by atoms with van der Waals surface area (Å²) in [5.74, 6) is 2.08. The summed E-state index contributed by atoms with van der Waals surface area (Å²) in [7, 11) is 0. The van der Waals surface area contributed by atoms with Crippen LogP contribution in [0.25, 0.3) is 0 Å². The summed E-state index contributed by atoms with van der Waals surface area (Å²) in [5, 5.41) is 0. The van der Waals surface area contributed by atoms with Gasteiger partial charge in [0.15, 0.2) is 0 Å². The second-order valence-corrected chi connectivity index (χ2v) is 5.74. The van der Waals surface area contributed by atoms with E-state index in [1.807, 2.05) is 0 Å². The van der Waals surface area contributed by atoms with Gasteiger partial charge in [0.2, 0.25) is 0 Å². The molecule has 3 rings (SSSR count). The molecule has 1 aromatic heterocycles. The first-order chi connectivity index (χ1) is 8.25. The first-order valence-electron chi connectivity index (χ1n) is 7.07. The van der Waals surface area contributed by atoms with E-state index in [0.717, 1.165) is 19.4 Å². The van der Waals surface area contributed by atoms with Gasteiger partial charge in [-0.05, 0) is 26.2 Å². The van der Waals surface area contributed by atoms with Gasteiger partial charge in [0.05, 0.1) is 5.69 Å². The molecule has 3 nitrogen and oxygen atoms in total. The van der Waals surface area contributed by atoms with Crippen molar-refractivity contribution in [1.29, 1.82) is 0 Å². The molecule has 0 radical (unpaired) electrons. The van der Waals surface area contributed by atoms with Crippen LogP contribution in [0.15, 0.2) is 0 Å². The zero-order valence-corrected chi connectivity index (χ0v) is 10.8. The third kappa shape index (κ3) is 2.01. The van der Waals surface area contributed by atoms with E-state index in [1.54, 1.807) is 0 Å². The van der Waals surface area contributed by atoms with Crippen LogP contribution in [-0.2, 0) is 13.0 Å². The molecule has 0 spiro atoms. The minimum absolute atomic E-state index is 0.345. The predicted octanol–water partition coefficient (Wildman–Crippen LogP) is 2.51. The molecule has 2 aliphatic rings. The maximum atomic E-state index is 6.07. The highest BCUT2D eigenvalue weighted by molar-refractivity contribution is 5.21. The first-order valence-corrected chi connectivity index (χ1v) is 7.07. The number of nitrogens with two attached hydrogens (primary N) is 1. The average molecular weight is 233 g/mol. The highest BCUT2D eigenvalue weighted by atomic mass is 15.1. The normalized spacial score (nSPS) is 25.9. The molecule has 1 aliphatic heterocycles. The summed E-state index contributed by atoms with van der Waals surface area (Å²) in [6.45, 7) is 3.24. The number of imidazole rings is 1. The van der Waals surface area contributed by atoms with Crippen LogP contribution < -0.4 is 5.73 Å². The quantitative estimate of drug-likeness (QED) is 0.810. The second kappa shape index (κ2) is 4.45. The van der Waals surface area contributed by atoms with E-state index in [2.05, 4.69) is 11.5 Å². The van der Waals surface area contributed by atoms with Gasteiger partial charge >= 0.3 is 0 Å². The summed E-state index contributed by atoms with van der Waals surface area (Å²) >= 11 is 0. The number of aryl methyl sites for hydroxylation is 1. The van der Waals surface area contributed by atoms with Crippen molar-refractivity contribution in [2.45, 2.75) is 70.4 Å². The zero-order chi connectivity index (χ0) is 11.8. The monoisotopic (exact) mass is 233 g/mol. The SMILES string of the molecule is Cc1nc(C2CCCCC2)n2c1CC(N)CC2. The van der Waals surface area contributed by atoms with E-state index in [4.69, 9.17) is 10.7 Å². The standard InChI is InChI=1S/C14H23N3/c1-10-13-9-12(15)7-8-17(13)14(16-10)11-5-3-2-4-6-11/h11-12H,2-9,15H2,1H3. The van der Waals surface area contributed by atoms with Crippen molar-refractivity contribution < 1.29 is 0 Å². The van der Waals surface area contributed by atoms with Gasteiger partial charge in [-0.15, -0.1) is 0 Å². The van der Waals surface area contributed by atoms with Gasteiger partial charge in [-0.1, -0.05) is 19.3 Å². The Balaban J connectivity index is 1.92. The number of hydrogen-bond acceptors (Lipinski definition) is 2. The van der Waals surface area contributed by atoms with Crippen LogP contribution in [0.2, 0.25) is 0 Å². The van der Waals surface area contributed by atoms with Crippen LogP contribution in [0.4, 0.5) is 0 Å². The Morgan fingerprint density at radius 2 is 1.94 bits per heavy atom. The lowest BCUT2D eigenvalue weighted by Gasteiger charge is -2.26. The van der Waals surface area contributed by atoms with Gasteiger partial charge in [0.25, 0.3) is 0 Å². The largest absolute Gasteiger partial charge is 0.331 e. The Bertz CT molecular complexity index is 402. The molecule has 0 amide bonds. The molecule has 2 N–H and O–H groups in total. The Hall–Kier alpha value is -0.830. The number of hydrogen-bond donors (Lipinski definition) is 1. The summed E-state index contributed by atoms with van der Waals surface area (Å²) in [6, 6.07) is 0.345. The number of aromatic nitrogens is 2. The third-order valence-corrected chi connectivity index (χ3v) is 4.45. The van der Waals surface area contributed by atoms with Crippen molar-refractivity contribution in [3.05, 3.63) is 17.2 Å². The Kier molecular flexibility index (Phi) is 2.95. The van der Waals surface area contributed by atoms with Gasteiger partial charge in [-0.2, -0.15) is 0 Å². The summed E-state index contributed by atoms with van der Waals surface area (Å²) in [5.41, 5.74) is 8.69. The minimum Gasteiger partial charge on any atom is -0.331 e. The lowest BCUT2D eigenvalue weighted by Crippen LogP contribution is -2.31. The maximum Gasteiger partial charge on any atom is 0.112 e. The Morgan fingerprint density at radius 3 is 2.71 bits per heavy atom. The molecule has 17 heavy (non-hydrogen) atoms. The fraction of sp³-hybridized carbons (Fsp3) is 0.786. The molecule has 1 fully saturated rings. The fourth-order valence-electron chi connectivity index (χ4n) is 3.46. The highest BCUT2D eigenvalue weighted by Crippen LogP contribution is 2.34. The molecule has 1 aliphatic carbocycles. The van der Waals surface area contributed by atoms with Gasteiger partial charge in [0, 0.05) is 30.6 Å². The van der Waals surface area contributed by atoms with Gasteiger partial charge in [-0.25, -0.2) is 4.98 Å². The van der Waals surface area contributed by atoms with E-state index in [0.29, 0.717) is 12.0 Å². The fourth-order valence-corrected chi connectivity index (χ4v) is 3.46. The van der Waals surface area contributed by atoms with Crippen molar-refractivity contribution in [1.82, 2.24) is 9.55 Å². The maximum absolute atomic E-state index is 6.07. The summed E-state index contributed by atoms with van der Waals surface area (Å²) in [4.78, 5) is 4.86. The number of fused-ring (bicyclic) bond motifs is 1. The third-order valence-electron chi connectivity index (χ3n) is 4.45. The molecule has 2 heterocycles. The molecule has 0 saturated heterocycles. The van der Waals surface area contributed by atoms with E-state index in [1.165, 1.54) is 49.3 Å². The second-order valence-electron chi connectivity index (χ2n) is 5.74. The van der Waals surface area contributed by atoms with Crippen LogP contribution in [-0.4, -0.2) is 15.6 Å². The highest BCUT2D eigenvalue weighted by Gasteiger charge is 2.26. The van der Waals surface area contributed by atoms with Crippen molar-refractivity contribution in [3.63, 3.8) is 0 Å².